The summed E-state index contributed by atoms with van der Waals surface area (Å²) in [6.07, 6.45) is 0.804. The molecule has 1 rings (SSSR count). The molecule has 0 N–H and O–H groups in total. The summed E-state index contributed by atoms with van der Waals surface area (Å²) in [5, 5.41) is 9.31. The molecule has 1 fully saturated rings. The highest BCUT2D eigenvalue weighted by atomic mass is 16.5. The smallest absolute Gasteiger partial charge is 0.135 e. The van der Waals surface area contributed by atoms with Crippen molar-refractivity contribution in [2.24, 2.45) is 0 Å². The molecule has 1 saturated heterocycles. The number of ether oxygens (including phenoxy) is 1. The van der Waals surface area contributed by atoms with Crippen LogP contribution in [-0.4, -0.2) is 35.7 Å². The molecule has 0 spiro atoms. The molecule has 1 aliphatic rings. The molecule has 0 aromatic carbocycles. The topological polar surface area (TPSA) is 36.3 Å². The lowest BCUT2D eigenvalue weighted by Crippen LogP contribution is -2.48. The molecule has 3 nitrogen and oxygen atoms in total. The van der Waals surface area contributed by atoms with Gasteiger partial charge in [-0.05, 0) is 26.9 Å². The lowest BCUT2D eigenvalue weighted by Gasteiger charge is -2.33. The maximum atomic E-state index is 9.31. The zero-order chi connectivity index (χ0) is 10.8. The summed E-state index contributed by atoms with van der Waals surface area (Å²) >= 11 is 0. The van der Waals surface area contributed by atoms with Crippen LogP contribution in [0.2, 0.25) is 0 Å². The van der Waals surface area contributed by atoms with Crippen molar-refractivity contribution >= 4 is 0 Å². The summed E-state index contributed by atoms with van der Waals surface area (Å²) in [4.78, 5) is 2.20. The normalized spacial score (nSPS) is 30.6. The van der Waals surface area contributed by atoms with Crippen molar-refractivity contribution in [1.29, 1.82) is 5.26 Å². The van der Waals surface area contributed by atoms with Gasteiger partial charge >= 0.3 is 0 Å². The highest BCUT2D eigenvalue weighted by molar-refractivity contribution is 5.14. The van der Waals surface area contributed by atoms with Gasteiger partial charge in [-0.3, -0.25) is 4.90 Å². The number of rotatable bonds is 3. The van der Waals surface area contributed by atoms with Crippen molar-refractivity contribution in [3.05, 3.63) is 0 Å². The molecule has 80 valence electrons. The third kappa shape index (κ3) is 1.92. The van der Waals surface area contributed by atoms with E-state index in [-0.39, 0.29) is 5.60 Å². The summed E-state index contributed by atoms with van der Waals surface area (Å²) in [6, 6.07) is 2.44. The minimum Gasteiger partial charge on any atom is -0.372 e. The molecule has 1 heterocycles. The number of nitrogens with zero attached hydrogens (tertiary/aromatic N) is 2. The van der Waals surface area contributed by atoms with Gasteiger partial charge in [-0.15, -0.1) is 0 Å². The second-order valence-corrected chi connectivity index (χ2v) is 4.54. The lowest BCUT2D eigenvalue weighted by molar-refractivity contribution is 0.0294. The molecule has 1 unspecified atom stereocenters. The van der Waals surface area contributed by atoms with Gasteiger partial charge in [0.25, 0.3) is 0 Å². The number of hydrogen-bond donors (Lipinski definition) is 0. The summed E-state index contributed by atoms with van der Waals surface area (Å²) < 4.78 is 5.67. The number of likely N-dealkylation sites (N-methyl/N-ethyl adjacent to an activating group) is 1. The minimum atomic E-state index is -0.396. The van der Waals surface area contributed by atoms with Gasteiger partial charge in [-0.25, -0.2) is 0 Å². The predicted molar refractivity (Wildman–Crippen MR) is 55.9 cm³/mol. The van der Waals surface area contributed by atoms with Crippen LogP contribution in [0.4, 0.5) is 0 Å². The van der Waals surface area contributed by atoms with E-state index in [1.165, 1.54) is 0 Å². The van der Waals surface area contributed by atoms with Gasteiger partial charge in [-0.2, -0.15) is 5.26 Å². The van der Waals surface area contributed by atoms with Crippen molar-refractivity contribution in [3.8, 4) is 6.07 Å². The predicted octanol–water partition coefficient (Wildman–Crippen LogP) is 1.79. The lowest BCUT2D eigenvalue weighted by atomic mass is 9.90. The Morgan fingerprint density at radius 2 is 1.93 bits per heavy atom. The number of hydrogen-bond acceptors (Lipinski definition) is 3. The highest BCUT2D eigenvalue weighted by Gasteiger charge is 2.47. The minimum absolute atomic E-state index is 0.154. The maximum absolute atomic E-state index is 9.31. The maximum Gasteiger partial charge on any atom is 0.135 e. The van der Waals surface area contributed by atoms with E-state index in [2.05, 4.69) is 38.7 Å². The monoisotopic (exact) mass is 196 g/mol. The molecular weight excluding hydrogens is 176 g/mol. The SMILES string of the molecule is CCN(CC)C1(C#N)COC(C)(C)C1. The Bertz CT molecular complexity index is 240. The molecule has 0 bridgehead atoms. The van der Waals surface area contributed by atoms with E-state index in [0.717, 1.165) is 19.5 Å². The Morgan fingerprint density at radius 1 is 1.36 bits per heavy atom. The van der Waals surface area contributed by atoms with Gasteiger partial charge in [0.05, 0.1) is 18.3 Å². The fourth-order valence-electron chi connectivity index (χ4n) is 2.30. The van der Waals surface area contributed by atoms with Crippen LogP contribution in [-0.2, 0) is 4.74 Å². The van der Waals surface area contributed by atoms with Gasteiger partial charge in [0.2, 0.25) is 0 Å². The van der Waals surface area contributed by atoms with E-state index < -0.39 is 5.54 Å². The molecule has 0 amide bonds. The van der Waals surface area contributed by atoms with E-state index in [1.807, 2.05) is 0 Å². The van der Waals surface area contributed by atoms with Crippen LogP contribution >= 0.6 is 0 Å². The highest BCUT2D eigenvalue weighted by Crippen LogP contribution is 2.36. The summed E-state index contributed by atoms with van der Waals surface area (Å²) in [7, 11) is 0. The standard InChI is InChI=1S/C11H20N2O/c1-5-13(6-2)11(8-12)7-10(3,4)14-9-11/h5-7,9H2,1-4H3. The first-order valence-corrected chi connectivity index (χ1v) is 5.30. The largest absolute Gasteiger partial charge is 0.372 e. The van der Waals surface area contributed by atoms with Crippen molar-refractivity contribution in [2.45, 2.75) is 45.3 Å². The van der Waals surface area contributed by atoms with Crippen molar-refractivity contribution in [1.82, 2.24) is 4.90 Å². The first kappa shape index (κ1) is 11.5. The Labute approximate surface area is 86.6 Å². The Morgan fingerprint density at radius 3 is 2.21 bits per heavy atom. The summed E-state index contributed by atoms with van der Waals surface area (Å²) in [5.74, 6) is 0. The van der Waals surface area contributed by atoms with Crippen molar-refractivity contribution in [3.63, 3.8) is 0 Å². The molecule has 0 aromatic heterocycles. The van der Waals surface area contributed by atoms with Crippen LogP contribution < -0.4 is 0 Å². The summed E-state index contributed by atoms with van der Waals surface area (Å²) in [6.45, 7) is 10.6. The van der Waals surface area contributed by atoms with Gasteiger partial charge in [0, 0.05) is 6.42 Å². The molecular formula is C11H20N2O. The summed E-state index contributed by atoms with van der Waals surface area (Å²) in [5.41, 5.74) is -0.550. The third-order valence-electron chi connectivity index (χ3n) is 3.00. The van der Waals surface area contributed by atoms with Crippen molar-refractivity contribution < 1.29 is 4.74 Å². The van der Waals surface area contributed by atoms with E-state index in [9.17, 15) is 5.26 Å². The fraction of sp³-hybridized carbons (Fsp3) is 0.909. The van der Waals surface area contributed by atoms with Crippen LogP contribution in [0.5, 0.6) is 0 Å². The van der Waals surface area contributed by atoms with E-state index in [4.69, 9.17) is 4.74 Å². The second-order valence-electron chi connectivity index (χ2n) is 4.54. The van der Waals surface area contributed by atoms with Crippen molar-refractivity contribution in [2.75, 3.05) is 19.7 Å². The van der Waals surface area contributed by atoms with Gasteiger partial charge < -0.3 is 4.74 Å². The van der Waals surface area contributed by atoms with Crippen LogP contribution in [0, 0.1) is 11.3 Å². The van der Waals surface area contributed by atoms with E-state index in [1.54, 1.807) is 0 Å². The molecule has 1 aliphatic heterocycles. The average molecular weight is 196 g/mol. The molecule has 1 atom stereocenters. The fourth-order valence-corrected chi connectivity index (χ4v) is 2.30. The van der Waals surface area contributed by atoms with E-state index >= 15 is 0 Å². The van der Waals surface area contributed by atoms with Crippen LogP contribution in [0.25, 0.3) is 0 Å². The second kappa shape index (κ2) is 3.88. The molecule has 0 radical (unpaired) electrons. The first-order valence-electron chi connectivity index (χ1n) is 5.30. The van der Waals surface area contributed by atoms with E-state index in [0.29, 0.717) is 6.61 Å². The third-order valence-corrected chi connectivity index (χ3v) is 3.00. The molecule has 14 heavy (non-hydrogen) atoms. The molecule has 0 aliphatic carbocycles. The van der Waals surface area contributed by atoms with Crippen LogP contribution in [0.3, 0.4) is 0 Å². The molecule has 0 saturated carbocycles. The Balaban J connectivity index is 2.85. The zero-order valence-corrected chi connectivity index (χ0v) is 9.63. The average Bonchev–Trinajstić information content (AvgIpc) is 2.45. The first-order chi connectivity index (χ1) is 6.49. The Hall–Kier alpha value is -0.590. The Kier molecular flexibility index (Phi) is 3.18. The quantitative estimate of drug-likeness (QED) is 0.690. The van der Waals surface area contributed by atoms with Crippen LogP contribution in [0.15, 0.2) is 0 Å². The molecule has 3 heteroatoms. The van der Waals surface area contributed by atoms with Gasteiger partial charge in [0.1, 0.15) is 5.54 Å². The molecule has 0 aromatic rings. The van der Waals surface area contributed by atoms with Gasteiger partial charge in [0.15, 0.2) is 0 Å². The number of nitriles is 1. The van der Waals surface area contributed by atoms with Crippen LogP contribution in [0.1, 0.15) is 34.1 Å². The zero-order valence-electron chi connectivity index (χ0n) is 9.63. The van der Waals surface area contributed by atoms with Gasteiger partial charge in [-0.1, -0.05) is 13.8 Å².